The number of rotatable bonds is 4. The molecule has 0 spiro atoms. The Kier molecular flexibility index (Phi) is 5.64. The molecule has 0 radical (unpaired) electrons. The van der Waals surface area contributed by atoms with E-state index in [1.54, 1.807) is 11.9 Å². The zero-order valence-corrected chi connectivity index (χ0v) is 19.0. The lowest BCUT2D eigenvalue weighted by molar-refractivity contribution is 0.0784. The summed E-state index contributed by atoms with van der Waals surface area (Å²) in [4.78, 5) is 14.6. The molecule has 6 nitrogen and oxygen atoms in total. The molecule has 7 heteroatoms. The van der Waals surface area contributed by atoms with Gasteiger partial charge in [0, 0.05) is 30.4 Å². The minimum absolute atomic E-state index is 0.0412. The van der Waals surface area contributed by atoms with Crippen LogP contribution in [0.25, 0.3) is 0 Å². The summed E-state index contributed by atoms with van der Waals surface area (Å²) in [6, 6.07) is 7.67. The average molecular weight is 418 g/mol. The van der Waals surface area contributed by atoms with Crippen molar-refractivity contribution < 1.29 is 13.2 Å². The number of benzene rings is 1. The summed E-state index contributed by atoms with van der Waals surface area (Å²) in [6.07, 6.45) is 0.596. The van der Waals surface area contributed by atoms with Gasteiger partial charge < -0.3 is 4.90 Å². The van der Waals surface area contributed by atoms with Crippen LogP contribution in [0.3, 0.4) is 0 Å². The number of aromatic nitrogens is 2. The molecule has 0 unspecified atom stereocenters. The normalized spacial score (nSPS) is 18.8. The Balaban J connectivity index is 1.77. The molecule has 29 heavy (non-hydrogen) atoms. The molecule has 1 aromatic heterocycles. The van der Waals surface area contributed by atoms with Crippen LogP contribution in [0.5, 0.6) is 0 Å². The highest BCUT2D eigenvalue weighted by molar-refractivity contribution is 7.91. The molecule has 1 aliphatic rings. The van der Waals surface area contributed by atoms with Crippen molar-refractivity contribution in [1.82, 2.24) is 14.7 Å². The molecular weight excluding hydrogens is 386 g/mol. The lowest BCUT2D eigenvalue weighted by Crippen LogP contribution is -2.27. The summed E-state index contributed by atoms with van der Waals surface area (Å²) in [6.45, 7) is 10.8. The molecule has 0 bridgehead atoms. The first-order valence-electron chi connectivity index (χ1n) is 10.00. The van der Waals surface area contributed by atoms with Crippen LogP contribution in [-0.2, 0) is 21.8 Å². The fourth-order valence-corrected chi connectivity index (χ4v) is 5.58. The Hall–Kier alpha value is -2.15. The molecule has 1 aromatic carbocycles. The lowest BCUT2D eigenvalue weighted by atomic mass is 9.86. The first-order valence-corrected chi connectivity index (χ1v) is 11.8. The Morgan fingerprint density at radius 1 is 1.21 bits per heavy atom. The molecule has 1 amide bonds. The van der Waals surface area contributed by atoms with E-state index in [9.17, 15) is 13.2 Å². The van der Waals surface area contributed by atoms with Gasteiger partial charge in [-0.3, -0.25) is 9.48 Å². The van der Waals surface area contributed by atoms with Gasteiger partial charge in [0.1, 0.15) is 0 Å². The second-order valence-corrected chi connectivity index (χ2v) is 11.4. The SMILES string of the molecule is Cc1nn([C@@H]2CCS(=O)(=O)C2)c(C)c1CN(C)C(=O)c1ccc(C(C)(C)C)cc1. The van der Waals surface area contributed by atoms with E-state index in [-0.39, 0.29) is 28.9 Å². The maximum atomic E-state index is 12.9. The summed E-state index contributed by atoms with van der Waals surface area (Å²) >= 11 is 0. The number of carbonyl (C=O) groups is 1. The molecule has 1 fully saturated rings. The molecule has 2 heterocycles. The number of hydrogen-bond donors (Lipinski definition) is 0. The molecule has 0 N–H and O–H groups in total. The maximum absolute atomic E-state index is 12.9. The third-order valence-electron chi connectivity index (χ3n) is 5.77. The monoisotopic (exact) mass is 417 g/mol. The predicted octanol–water partition coefficient (Wildman–Crippen LogP) is 3.43. The number of nitrogens with zero attached hydrogens (tertiary/aromatic N) is 3. The minimum atomic E-state index is -2.98. The molecule has 0 saturated carbocycles. The number of sulfone groups is 1. The Labute approximate surface area is 173 Å². The van der Waals surface area contributed by atoms with Crippen LogP contribution in [0.1, 0.15) is 66.1 Å². The fraction of sp³-hybridized carbons (Fsp3) is 0.545. The highest BCUT2D eigenvalue weighted by Crippen LogP contribution is 2.27. The van der Waals surface area contributed by atoms with Crippen LogP contribution in [0.15, 0.2) is 24.3 Å². The van der Waals surface area contributed by atoms with Crippen LogP contribution in [0.4, 0.5) is 0 Å². The van der Waals surface area contributed by atoms with Gasteiger partial charge in [-0.25, -0.2) is 8.42 Å². The van der Waals surface area contributed by atoms with E-state index in [0.29, 0.717) is 18.5 Å². The van der Waals surface area contributed by atoms with Crippen molar-refractivity contribution in [3.63, 3.8) is 0 Å². The van der Waals surface area contributed by atoms with Crippen LogP contribution in [0, 0.1) is 13.8 Å². The van der Waals surface area contributed by atoms with Crippen molar-refractivity contribution in [2.24, 2.45) is 0 Å². The van der Waals surface area contributed by atoms with Crippen LogP contribution >= 0.6 is 0 Å². The quantitative estimate of drug-likeness (QED) is 0.764. The summed E-state index contributed by atoms with van der Waals surface area (Å²) < 4.78 is 25.5. The first kappa shape index (κ1) is 21.6. The molecule has 0 aliphatic carbocycles. The summed E-state index contributed by atoms with van der Waals surface area (Å²) in [5.74, 6) is 0.317. The second kappa shape index (κ2) is 7.59. The predicted molar refractivity (Wildman–Crippen MR) is 115 cm³/mol. The number of carbonyl (C=O) groups excluding carboxylic acids is 1. The van der Waals surface area contributed by atoms with Crippen molar-refractivity contribution in [3.05, 3.63) is 52.3 Å². The summed E-state index contributed by atoms with van der Waals surface area (Å²) in [5.41, 5.74) is 4.66. The van der Waals surface area contributed by atoms with Gasteiger partial charge in [0.05, 0.1) is 23.2 Å². The largest absolute Gasteiger partial charge is 0.337 e. The van der Waals surface area contributed by atoms with Gasteiger partial charge in [0.25, 0.3) is 5.91 Å². The molecular formula is C22H31N3O3S. The van der Waals surface area contributed by atoms with Gasteiger partial charge in [-0.05, 0) is 43.4 Å². The Bertz CT molecular complexity index is 1010. The van der Waals surface area contributed by atoms with E-state index < -0.39 is 9.84 Å². The van der Waals surface area contributed by atoms with E-state index in [4.69, 9.17) is 0 Å². The van der Waals surface area contributed by atoms with Crippen molar-refractivity contribution in [1.29, 1.82) is 0 Å². The van der Waals surface area contributed by atoms with Crippen LogP contribution in [0.2, 0.25) is 0 Å². The highest BCUT2D eigenvalue weighted by atomic mass is 32.2. The molecule has 1 aliphatic heterocycles. The zero-order chi connectivity index (χ0) is 21.6. The van der Waals surface area contributed by atoms with Crippen molar-refractivity contribution >= 4 is 15.7 Å². The van der Waals surface area contributed by atoms with Gasteiger partial charge in [-0.1, -0.05) is 32.9 Å². The van der Waals surface area contributed by atoms with Crippen molar-refractivity contribution in [3.8, 4) is 0 Å². The topological polar surface area (TPSA) is 72.3 Å². The van der Waals surface area contributed by atoms with Gasteiger partial charge in [-0.15, -0.1) is 0 Å². The third kappa shape index (κ3) is 4.55. The van der Waals surface area contributed by atoms with E-state index >= 15 is 0 Å². The van der Waals surface area contributed by atoms with E-state index in [0.717, 1.165) is 17.0 Å². The number of amides is 1. The molecule has 158 valence electrons. The lowest BCUT2D eigenvalue weighted by Gasteiger charge is -2.21. The number of hydrogen-bond acceptors (Lipinski definition) is 4. The third-order valence-corrected chi connectivity index (χ3v) is 7.52. The van der Waals surface area contributed by atoms with Crippen molar-refractivity contribution in [2.75, 3.05) is 18.6 Å². The molecule has 1 atom stereocenters. The molecule has 2 aromatic rings. The highest BCUT2D eigenvalue weighted by Gasteiger charge is 2.31. The summed E-state index contributed by atoms with van der Waals surface area (Å²) in [5, 5.41) is 4.60. The standard InChI is InChI=1S/C22H31N3O3S/c1-15-20(16(2)25(23-15)19-11-12-29(27,28)14-19)13-24(6)21(26)17-7-9-18(10-8-17)22(3,4)5/h7-10,19H,11-14H2,1-6H3/t19-/m1/s1. The molecule has 1 saturated heterocycles. The van der Waals surface area contributed by atoms with E-state index in [2.05, 4.69) is 25.9 Å². The molecule has 3 rings (SSSR count). The van der Waals surface area contributed by atoms with Crippen LogP contribution in [-0.4, -0.2) is 47.6 Å². The maximum Gasteiger partial charge on any atom is 0.253 e. The van der Waals surface area contributed by atoms with Gasteiger partial charge >= 0.3 is 0 Å². The smallest absolute Gasteiger partial charge is 0.253 e. The minimum Gasteiger partial charge on any atom is -0.337 e. The average Bonchev–Trinajstić information content (AvgIpc) is 3.13. The van der Waals surface area contributed by atoms with E-state index in [1.165, 1.54) is 5.56 Å². The number of aryl methyl sites for hydroxylation is 1. The summed E-state index contributed by atoms with van der Waals surface area (Å²) in [7, 11) is -1.19. The van der Waals surface area contributed by atoms with Crippen molar-refractivity contribution in [2.45, 2.75) is 59.0 Å². The Morgan fingerprint density at radius 3 is 2.34 bits per heavy atom. The van der Waals surface area contributed by atoms with Gasteiger partial charge in [0.15, 0.2) is 9.84 Å². The second-order valence-electron chi connectivity index (χ2n) is 9.14. The van der Waals surface area contributed by atoms with E-state index in [1.807, 2.05) is 42.8 Å². The first-order chi connectivity index (χ1) is 13.4. The van der Waals surface area contributed by atoms with Gasteiger partial charge in [0.2, 0.25) is 0 Å². The van der Waals surface area contributed by atoms with Crippen LogP contribution < -0.4 is 0 Å². The Morgan fingerprint density at radius 2 is 1.83 bits per heavy atom. The van der Waals surface area contributed by atoms with Gasteiger partial charge in [-0.2, -0.15) is 5.10 Å². The fourth-order valence-electron chi connectivity index (χ4n) is 3.89. The zero-order valence-electron chi connectivity index (χ0n) is 18.2.